The first kappa shape index (κ1) is 13.4. The molecule has 102 valence electrons. The number of carboxylic acid groups (broad SMARTS) is 1. The molecule has 1 unspecified atom stereocenters. The maximum absolute atomic E-state index is 11.9. The minimum atomic E-state index is -1.05. The summed E-state index contributed by atoms with van der Waals surface area (Å²) in [7, 11) is 1.61. The third-order valence-electron chi connectivity index (χ3n) is 2.99. The third kappa shape index (κ3) is 2.53. The van der Waals surface area contributed by atoms with Gasteiger partial charge in [-0.05, 0) is 18.1 Å². The average molecular weight is 264 g/mol. The molecule has 0 saturated heterocycles. The Labute approximate surface area is 109 Å². The van der Waals surface area contributed by atoms with Gasteiger partial charge in [-0.3, -0.25) is 4.57 Å². The highest BCUT2D eigenvalue weighted by Gasteiger charge is 2.15. The Balaban J connectivity index is 2.51. The summed E-state index contributed by atoms with van der Waals surface area (Å²) >= 11 is 0. The van der Waals surface area contributed by atoms with E-state index in [0.29, 0.717) is 24.2 Å². The summed E-state index contributed by atoms with van der Waals surface area (Å²) in [6, 6.07) is 4.85. The molecule has 6 heteroatoms. The van der Waals surface area contributed by atoms with E-state index in [1.807, 2.05) is 6.92 Å². The molecule has 1 heterocycles. The number of aromatic nitrogens is 2. The molecule has 2 N–H and O–H groups in total. The molecule has 1 aromatic carbocycles. The summed E-state index contributed by atoms with van der Waals surface area (Å²) in [6.45, 7) is 2.99. The van der Waals surface area contributed by atoms with E-state index in [-0.39, 0.29) is 17.2 Å². The third-order valence-corrected chi connectivity index (χ3v) is 2.99. The number of para-hydroxylation sites is 1. The molecule has 0 aliphatic carbocycles. The number of benzene rings is 1. The summed E-state index contributed by atoms with van der Waals surface area (Å²) in [6.07, 6.45) is 0. The Kier molecular flexibility index (Phi) is 3.71. The van der Waals surface area contributed by atoms with E-state index in [9.17, 15) is 9.59 Å². The van der Waals surface area contributed by atoms with Crippen LogP contribution >= 0.6 is 0 Å². The van der Waals surface area contributed by atoms with E-state index >= 15 is 0 Å². The second-order valence-corrected chi connectivity index (χ2v) is 4.61. The molecule has 0 spiro atoms. The van der Waals surface area contributed by atoms with Crippen LogP contribution in [0.3, 0.4) is 0 Å². The predicted molar refractivity (Wildman–Crippen MR) is 70.6 cm³/mol. The number of nitrogens with one attached hydrogen (secondary N) is 1. The Morgan fingerprint density at radius 3 is 2.89 bits per heavy atom. The second kappa shape index (κ2) is 5.27. The van der Waals surface area contributed by atoms with E-state index in [0.717, 1.165) is 0 Å². The molecule has 0 fully saturated rings. The molecular weight excluding hydrogens is 248 g/mol. The fourth-order valence-corrected chi connectivity index (χ4v) is 2.19. The van der Waals surface area contributed by atoms with Gasteiger partial charge in [-0.1, -0.05) is 13.0 Å². The van der Waals surface area contributed by atoms with Gasteiger partial charge in [0.25, 0.3) is 0 Å². The van der Waals surface area contributed by atoms with Gasteiger partial charge in [0, 0.05) is 13.7 Å². The van der Waals surface area contributed by atoms with Crippen molar-refractivity contribution in [3.05, 3.63) is 34.2 Å². The number of carbonyl (C=O) groups is 1. The van der Waals surface area contributed by atoms with Gasteiger partial charge >= 0.3 is 11.7 Å². The van der Waals surface area contributed by atoms with Crippen molar-refractivity contribution in [2.24, 2.45) is 5.92 Å². The number of H-pyrrole nitrogens is 1. The molecule has 1 aromatic heterocycles. The van der Waals surface area contributed by atoms with Crippen LogP contribution in [0.25, 0.3) is 11.0 Å². The average Bonchev–Trinajstić information content (AvgIpc) is 2.66. The zero-order valence-electron chi connectivity index (χ0n) is 10.8. The molecule has 0 amide bonds. The van der Waals surface area contributed by atoms with Crippen LogP contribution in [0, 0.1) is 5.92 Å². The van der Waals surface area contributed by atoms with Crippen LogP contribution in [-0.2, 0) is 11.3 Å². The van der Waals surface area contributed by atoms with Crippen LogP contribution in [-0.4, -0.2) is 34.3 Å². The van der Waals surface area contributed by atoms with Gasteiger partial charge in [0.15, 0.2) is 0 Å². The Hall–Kier alpha value is -2.08. The van der Waals surface area contributed by atoms with Gasteiger partial charge in [0.05, 0.1) is 23.2 Å². The molecule has 2 aromatic rings. The first-order chi connectivity index (χ1) is 9.04. The normalized spacial score (nSPS) is 12.7. The second-order valence-electron chi connectivity index (χ2n) is 4.61. The van der Waals surface area contributed by atoms with Crippen LogP contribution in [0.4, 0.5) is 0 Å². The lowest BCUT2D eigenvalue weighted by atomic mass is 10.1. The Morgan fingerprint density at radius 2 is 2.26 bits per heavy atom. The lowest BCUT2D eigenvalue weighted by Crippen LogP contribution is -2.22. The van der Waals surface area contributed by atoms with Crippen molar-refractivity contribution >= 4 is 17.0 Å². The van der Waals surface area contributed by atoms with Crippen LogP contribution in [0.2, 0.25) is 0 Å². The number of imidazole rings is 1. The minimum absolute atomic E-state index is 0.104. The zero-order chi connectivity index (χ0) is 14.0. The number of methoxy groups -OCH3 is 1. The lowest BCUT2D eigenvalue weighted by molar-refractivity contribution is 0.0699. The number of aromatic carboxylic acids is 1. The molecule has 2 rings (SSSR count). The van der Waals surface area contributed by atoms with Crippen molar-refractivity contribution in [3.8, 4) is 0 Å². The summed E-state index contributed by atoms with van der Waals surface area (Å²) in [5.41, 5.74) is 0.775. The smallest absolute Gasteiger partial charge is 0.337 e. The highest BCUT2D eigenvalue weighted by atomic mass is 16.5. The SMILES string of the molecule is COCC(C)Cn1c(=O)[nH]c2c(C(=O)O)cccc21. The van der Waals surface area contributed by atoms with Crippen molar-refractivity contribution in [2.75, 3.05) is 13.7 Å². The molecule has 0 bridgehead atoms. The van der Waals surface area contributed by atoms with Gasteiger partial charge in [-0.15, -0.1) is 0 Å². The number of ether oxygens (including phenoxy) is 1. The van der Waals surface area contributed by atoms with Gasteiger partial charge < -0.3 is 14.8 Å². The fourth-order valence-electron chi connectivity index (χ4n) is 2.19. The fraction of sp³-hybridized carbons (Fsp3) is 0.385. The summed E-state index contributed by atoms with van der Waals surface area (Å²) in [5, 5.41) is 9.10. The zero-order valence-corrected chi connectivity index (χ0v) is 10.8. The topological polar surface area (TPSA) is 84.3 Å². The number of carboxylic acids is 1. The maximum atomic E-state index is 11.9. The molecular formula is C13H16N2O4. The molecule has 0 aliphatic rings. The van der Waals surface area contributed by atoms with E-state index in [2.05, 4.69) is 4.98 Å². The van der Waals surface area contributed by atoms with Gasteiger partial charge in [0.2, 0.25) is 0 Å². The van der Waals surface area contributed by atoms with Crippen molar-refractivity contribution < 1.29 is 14.6 Å². The van der Waals surface area contributed by atoms with Crippen LogP contribution < -0.4 is 5.69 Å². The van der Waals surface area contributed by atoms with Crippen LogP contribution in [0.15, 0.2) is 23.0 Å². The molecule has 0 radical (unpaired) electrons. The first-order valence-electron chi connectivity index (χ1n) is 5.98. The van der Waals surface area contributed by atoms with E-state index in [1.54, 1.807) is 23.8 Å². The number of aromatic amines is 1. The van der Waals surface area contributed by atoms with Gasteiger partial charge in [-0.25, -0.2) is 9.59 Å². The number of rotatable bonds is 5. The molecule has 6 nitrogen and oxygen atoms in total. The summed E-state index contributed by atoms with van der Waals surface area (Å²) in [4.78, 5) is 25.6. The Morgan fingerprint density at radius 1 is 1.53 bits per heavy atom. The number of hydrogen-bond acceptors (Lipinski definition) is 3. The summed E-state index contributed by atoms with van der Waals surface area (Å²) < 4.78 is 6.59. The van der Waals surface area contributed by atoms with E-state index in [4.69, 9.17) is 9.84 Å². The quantitative estimate of drug-likeness (QED) is 0.852. The van der Waals surface area contributed by atoms with Crippen molar-refractivity contribution in [3.63, 3.8) is 0 Å². The molecule has 0 saturated carbocycles. The van der Waals surface area contributed by atoms with Crippen molar-refractivity contribution in [1.29, 1.82) is 0 Å². The minimum Gasteiger partial charge on any atom is -0.478 e. The van der Waals surface area contributed by atoms with E-state index in [1.165, 1.54) is 6.07 Å². The monoisotopic (exact) mass is 264 g/mol. The largest absolute Gasteiger partial charge is 0.478 e. The van der Waals surface area contributed by atoms with E-state index < -0.39 is 5.97 Å². The van der Waals surface area contributed by atoms with Crippen molar-refractivity contribution in [1.82, 2.24) is 9.55 Å². The van der Waals surface area contributed by atoms with Gasteiger partial charge in [-0.2, -0.15) is 0 Å². The lowest BCUT2D eigenvalue weighted by Gasteiger charge is -2.11. The Bertz CT molecular complexity index is 656. The van der Waals surface area contributed by atoms with Crippen LogP contribution in [0.5, 0.6) is 0 Å². The van der Waals surface area contributed by atoms with Crippen molar-refractivity contribution in [2.45, 2.75) is 13.5 Å². The number of hydrogen-bond donors (Lipinski definition) is 2. The number of nitrogens with zero attached hydrogens (tertiary/aromatic N) is 1. The first-order valence-corrected chi connectivity index (χ1v) is 5.98. The molecule has 19 heavy (non-hydrogen) atoms. The number of fused-ring (bicyclic) bond motifs is 1. The van der Waals surface area contributed by atoms with Crippen LogP contribution in [0.1, 0.15) is 17.3 Å². The maximum Gasteiger partial charge on any atom is 0.337 e. The standard InChI is InChI=1S/C13H16N2O4/c1-8(7-19-2)6-15-10-5-3-4-9(12(16)17)11(10)14-13(15)18/h3-5,8H,6-7H2,1-2H3,(H,14,18)(H,16,17). The highest BCUT2D eigenvalue weighted by Crippen LogP contribution is 2.16. The highest BCUT2D eigenvalue weighted by molar-refractivity contribution is 6.00. The summed E-state index contributed by atoms with van der Waals surface area (Å²) in [5.74, 6) is -0.890. The predicted octanol–water partition coefficient (Wildman–Crippen LogP) is 1.31. The molecule has 1 atom stereocenters. The van der Waals surface area contributed by atoms with Gasteiger partial charge in [0.1, 0.15) is 0 Å². The molecule has 0 aliphatic heterocycles.